The maximum atomic E-state index is 15.8. The van der Waals surface area contributed by atoms with Crippen molar-refractivity contribution >= 4 is 23.5 Å². The minimum Gasteiger partial charge on any atom is -0.368 e. The van der Waals surface area contributed by atoms with Crippen LogP contribution in [0.3, 0.4) is 0 Å². The van der Waals surface area contributed by atoms with Gasteiger partial charge in [0.2, 0.25) is 0 Å². The maximum Gasteiger partial charge on any atom is 0.475 e. The molecule has 76 heavy (non-hydrogen) atoms. The summed E-state index contributed by atoms with van der Waals surface area (Å²) < 4.78 is 125. The Balaban J connectivity index is 1.17. The quantitative estimate of drug-likeness (QED) is 0.0447. The van der Waals surface area contributed by atoms with Crippen LogP contribution in [0, 0.1) is 0 Å². The third kappa shape index (κ3) is 15.9. The summed E-state index contributed by atoms with van der Waals surface area (Å²) >= 11 is 0. The van der Waals surface area contributed by atoms with Crippen LogP contribution >= 0.6 is 23.5 Å². The molecule has 398 valence electrons. The van der Waals surface area contributed by atoms with Crippen molar-refractivity contribution in [1.29, 1.82) is 0 Å². The predicted octanol–water partition coefficient (Wildman–Crippen LogP) is 13.9. The normalized spacial score (nSPS) is 20.5. The average Bonchev–Trinajstić information content (AvgIpc) is 3.81. The summed E-state index contributed by atoms with van der Waals surface area (Å²) in [5.74, 6) is -1.42. The van der Waals surface area contributed by atoms with E-state index in [0.717, 1.165) is 0 Å². The second-order valence-electron chi connectivity index (χ2n) is 18.4. The molecular weight excluding hydrogens is 1030 g/mol. The van der Waals surface area contributed by atoms with E-state index < -0.39 is 65.9 Å². The molecule has 9 rings (SSSR count). The lowest BCUT2D eigenvalue weighted by molar-refractivity contribution is -0.204. The van der Waals surface area contributed by atoms with Crippen LogP contribution in [0.5, 0.6) is 0 Å². The standard InChI is InChI=1S/C58H61O15P3/c1-58(2)69-53-54(70-58)57(73-76(61,67-43-50-34-20-8-21-35-50)68-44-51-36-22-9-23-37-51)56(72-75(60,65-41-48-30-16-6-17-31-48)66-42-49-32-18-7-19-33-49)52(62-38-45-24-10-3-11-25-45)55(53)71-74(59,63-39-46-26-12-4-13-27-46)64-40-47-28-14-5-15-29-47/h3-37,52-57H,38-44H2,1-2H3/t52-,53+,54-,55-,56+,57+/m1/s1. The number of ether oxygens (including phenoxy) is 3. The summed E-state index contributed by atoms with van der Waals surface area (Å²) in [6.45, 7) is 1.97. The summed E-state index contributed by atoms with van der Waals surface area (Å²) in [6.07, 6.45) is -8.98. The minimum absolute atomic E-state index is 0.119. The lowest BCUT2D eigenvalue weighted by atomic mass is 9.85. The first-order valence-electron chi connectivity index (χ1n) is 24.9. The molecule has 2 aliphatic rings. The van der Waals surface area contributed by atoms with Crippen molar-refractivity contribution in [3.8, 4) is 0 Å². The molecule has 0 radical (unpaired) electrons. The first-order chi connectivity index (χ1) is 36.9. The summed E-state index contributed by atoms with van der Waals surface area (Å²) in [5, 5.41) is 0. The molecule has 2 fully saturated rings. The number of benzene rings is 7. The Kier molecular flexibility index (Phi) is 19.3. The van der Waals surface area contributed by atoms with E-state index in [-0.39, 0.29) is 46.2 Å². The van der Waals surface area contributed by atoms with E-state index in [1.807, 2.05) is 164 Å². The van der Waals surface area contributed by atoms with E-state index in [1.54, 1.807) is 62.4 Å². The monoisotopic (exact) mass is 1090 g/mol. The Labute approximate surface area is 444 Å². The van der Waals surface area contributed by atoms with Crippen molar-refractivity contribution in [2.24, 2.45) is 0 Å². The van der Waals surface area contributed by atoms with Crippen LogP contribution in [0.1, 0.15) is 52.8 Å². The highest BCUT2D eigenvalue weighted by atomic mass is 31.2. The molecule has 7 aromatic carbocycles. The molecule has 1 aliphatic heterocycles. The van der Waals surface area contributed by atoms with Crippen LogP contribution in [0.4, 0.5) is 0 Å². The summed E-state index contributed by atoms with van der Waals surface area (Å²) in [6, 6.07) is 63.8. The van der Waals surface area contributed by atoms with E-state index in [0.29, 0.717) is 38.9 Å². The molecule has 0 N–H and O–H groups in total. The first-order valence-corrected chi connectivity index (χ1v) is 29.3. The maximum absolute atomic E-state index is 15.8. The van der Waals surface area contributed by atoms with Gasteiger partial charge in [-0.2, -0.15) is 0 Å². The van der Waals surface area contributed by atoms with Crippen molar-refractivity contribution in [2.75, 3.05) is 0 Å². The molecule has 18 heteroatoms. The molecule has 1 aliphatic carbocycles. The van der Waals surface area contributed by atoms with Gasteiger partial charge < -0.3 is 14.2 Å². The zero-order valence-corrected chi connectivity index (χ0v) is 44.8. The van der Waals surface area contributed by atoms with Crippen LogP contribution in [0.15, 0.2) is 212 Å². The molecule has 1 saturated heterocycles. The molecule has 6 atom stereocenters. The fourth-order valence-electron chi connectivity index (χ4n) is 8.50. The largest absolute Gasteiger partial charge is 0.475 e. The van der Waals surface area contributed by atoms with Crippen LogP contribution in [-0.4, -0.2) is 42.4 Å². The van der Waals surface area contributed by atoms with Gasteiger partial charge in [0, 0.05) is 0 Å². The van der Waals surface area contributed by atoms with Gasteiger partial charge in [0.15, 0.2) is 5.79 Å². The van der Waals surface area contributed by atoms with Crippen molar-refractivity contribution in [3.05, 3.63) is 251 Å². The lowest BCUT2D eigenvalue weighted by Crippen LogP contribution is -2.64. The fraction of sp³-hybridized carbons (Fsp3) is 0.276. The van der Waals surface area contributed by atoms with Gasteiger partial charge in [0.05, 0.1) is 46.2 Å². The summed E-state index contributed by atoms with van der Waals surface area (Å²) in [4.78, 5) is 0. The van der Waals surface area contributed by atoms with Crippen LogP contribution in [0.25, 0.3) is 0 Å². The molecule has 0 amide bonds. The van der Waals surface area contributed by atoms with Gasteiger partial charge in [0.25, 0.3) is 0 Å². The zero-order valence-electron chi connectivity index (χ0n) is 42.1. The van der Waals surface area contributed by atoms with Crippen molar-refractivity contribution in [2.45, 2.75) is 103 Å². The third-order valence-electron chi connectivity index (χ3n) is 12.2. The second kappa shape index (κ2) is 26.4. The predicted molar refractivity (Wildman–Crippen MR) is 284 cm³/mol. The topological polar surface area (TPSA) is 162 Å². The summed E-state index contributed by atoms with van der Waals surface area (Å²) in [7, 11) is -14.4. The Morgan fingerprint density at radius 1 is 0.316 bits per heavy atom. The highest BCUT2D eigenvalue weighted by Gasteiger charge is 2.64. The van der Waals surface area contributed by atoms with E-state index >= 15 is 13.7 Å². The van der Waals surface area contributed by atoms with Gasteiger partial charge in [-0.25, -0.2) is 13.7 Å². The zero-order chi connectivity index (χ0) is 52.7. The van der Waals surface area contributed by atoms with Crippen molar-refractivity contribution in [3.63, 3.8) is 0 Å². The third-order valence-corrected chi connectivity index (χ3v) is 16.4. The molecule has 0 unspecified atom stereocenters. The van der Waals surface area contributed by atoms with Crippen LogP contribution in [0.2, 0.25) is 0 Å². The SMILES string of the molecule is CC1(C)O[C@@H]2[C@H](O1)[C@H](OP(=O)(OCc1ccccc1)OCc1ccccc1)[C@@H](OCc1ccccc1)[C@H](OP(=O)(OCc1ccccc1)OCc1ccccc1)[C@H]2OP(=O)(OCc1ccccc1)OCc1ccccc1. The van der Waals surface area contributed by atoms with E-state index in [4.69, 9.17) is 54.9 Å². The Morgan fingerprint density at radius 2 is 0.526 bits per heavy atom. The van der Waals surface area contributed by atoms with Gasteiger partial charge in [-0.1, -0.05) is 212 Å². The number of phosphoric acid groups is 3. The second-order valence-corrected chi connectivity index (χ2v) is 23.3. The highest BCUT2D eigenvalue weighted by molar-refractivity contribution is 7.49. The molecule has 15 nitrogen and oxygen atoms in total. The van der Waals surface area contributed by atoms with Crippen molar-refractivity contribution < 1.29 is 68.6 Å². The number of fused-ring (bicyclic) bond motifs is 1. The minimum atomic E-state index is -4.85. The number of rotatable bonds is 27. The van der Waals surface area contributed by atoms with Crippen LogP contribution < -0.4 is 0 Å². The average molecular weight is 1090 g/mol. The van der Waals surface area contributed by atoms with Gasteiger partial charge in [0.1, 0.15) is 36.6 Å². The molecule has 0 aromatic heterocycles. The van der Waals surface area contributed by atoms with Gasteiger partial charge >= 0.3 is 23.5 Å². The van der Waals surface area contributed by atoms with Gasteiger partial charge in [-0.15, -0.1) is 0 Å². The first kappa shape index (κ1) is 55.5. The molecule has 7 aromatic rings. The number of hydrogen-bond donors (Lipinski definition) is 0. The Hall–Kier alpha value is -5.25. The number of phosphoric ester groups is 3. The molecule has 1 saturated carbocycles. The van der Waals surface area contributed by atoms with Gasteiger partial charge in [-0.05, 0) is 52.8 Å². The van der Waals surface area contributed by atoms with E-state index in [9.17, 15) is 0 Å². The molecular formula is C58H61O15P3. The van der Waals surface area contributed by atoms with Crippen molar-refractivity contribution in [1.82, 2.24) is 0 Å². The molecule has 0 spiro atoms. The fourth-order valence-corrected chi connectivity index (χ4v) is 12.5. The lowest BCUT2D eigenvalue weighted by Gasteiger charge is -2.47. The smallest absolute Gasteiger partial charge is 0.368 e. The highest BCUT2D eigenvalue weighted by Crippen LogP contribution is 2.61. The molecule has 0 bridgehead atoms. The Bertz CT molecular complexity index is 2840. The van der Waals surface area contributed by atoms with Crippen LogP contribution in [-0.2, 0) is 115 Å². The number of hydrogen-bond acceptors (Lipinski definition) is 15. The molecule has 1 heterocycles. The van der Waals surface area contributed by atoms with E-state index in [2.05, 4.69) is 0 Å². The summed E-state index contributed by atoms with van der Waals surface area (Å²) in [5.41, 5.74) is 4.70. The van der Waals surface area contributed by atoms with E-state index in [1.165, 1.54) is 0 Å². The van der Waals surface area contributed by atoms with Gasteiger partial charge in [-0.3, -0.25) is 40.7 Å². The Morgan fingerprint density at radius 3 is 0.776 bits per heavy atom.